The van der Waals surface area contributed by atoms with Crippen LogP contribution in [-0.2, 0) is 32.8 Å². The van der Waals surface area contributed by atoms with Crippen LogP contribution in [0.25, 0.3) is 22.6 Å². The average Bonchev–Trinajstić information content (AvgIpc) is 3.02. The summed E-state index contributed by atoms with van der Waals surface area (Å²) in [4.78, 5) is 11.7. The van der Waals surface area contributed by atoms with E-state index in [4.69, 9.17) is 0 Å². The topological polar surface area (TPSA) is 107 Å². The van der Waals surface area contributed by atoms with Crippen LogP contribution in [0.2, 0.25) is 0 Å². The molecule has 13 heteroatoms. The number of hydrogen-bond acceptors (Lipinski definition) is 7. The minimum Gasteiger partial charge on any atom is -0.324 e. The minimum atomic E-state index is -4.64. The van der Waals surface area contributed by atoms with Gasteiger partial charge in [0.15, 0.2) is 15.7 Å². The standard InChI is InChI=1S/C18H18F3N5O3S2/c1-3-31(28,29)14-7-11(25-30(27)5-4-6-30)9-23-16(14)17-24-12-8-15(18(19,20)21)22-10-13(12)26(17)2/h7-10H,3-6H2,1-2H3. The molecule has 0 atom stereocenters. The molecule has 0 bridgehead atoms. The average molecular weight is 474 g/mol. The van der Waals surface area contributed by atoms with E-state index < -0.39 is 31.4 Å². The molecule has 31 heavy (non-hydrogen) atoms. The number of alkyl halides is 3. The van der Waals surface area contributed by atoms with Crippen LogP contribution in [0.5, 0.6) is 0 Å². The number of imidazole rings is 1. The lowest BCUT2D eigenvalue weighted by Crippen LogP contribution is -2.23. The Labute approximate surface area is 176 Å². The van der Waals surface area contributed by atoms with Crippen molar-refractivity contribution in [1.82, 2.24) is 19.5 Å². The van der Waals surface area contributed by atoms with Gasteiger partial charge in [0.25, 0.3) is 0 Å². The van der Waals surface area contributed by atoms with Crippen LogP contribution >= 0.6 is 0 Å². The highest BCUT2D eigenvalue weighted by atomic mass is 32.2. The fraction of sp³-hybridized carbons (Fsp3) is 0.389. The van der Waals surface area contributed by atoms with E-state index in [9.17, 15) is 25.8 Å². The van der Waals surface area contributed by atoms with E-state index in [-0.39, 0.29) is 38.9 Å². The number of aromatic nitrogens is 4. The summed E-state index contributed by atoms with van der Waals surface area (Å²) in [6.07, 6.45) is -1.51. The summed E-state index contributed by atoms with van der Waals surface area (Å²) in [5, 5.41) is 0. The Kier molecular flexibility index (Phi) is 5.08. The van der Waals surface area contributed by atoms with Gasteiger partial charge in [-0.3, -0.25) is 0 Å². The molecule has 0 aromatic carbocycles. The number of sulfone groups is 1. The van der Waals surface area contributed by atoms with Crippen LogP contribution in [0, 0.1) is 0 Å². The summed E-state index contributed by atoms with van der Waals surface area (Å²) in [6.45, 7) is 1.46. The molecule has 0 aliphatic carbocycles. The first-order chi connectivity index (χ1) is 14.4. The van der Waals surface area contributed by atoms with E-state index in [1.54, 1.807) is 0 Å². The Morgan fingerprint density at radius 3 is 2.48 bits per heavy atom. The van der Waals surface area contributed by atoms with Crippen LogP contribution in [0.3, 0.4) is 0 Å². The maximum absolute atomic E-state index is 13.0. The Bertz CT molecular complexity index is 1410. The van der Waals surface area contributed by atoms with Crippen molar-refractivity contribution in [3.8, 4) is 11.5 Å². The summed E-state index contributed by atoms with van der Waals surface area (Å²) < 4.78 is 82.6. The largest absolute Gasteiger partial charge is 0.433 e. The van der Waals surface area contributed by atoms with Gasteiger partial charge in [-0.2, -0.15) is 17.5 Å². The zero-order chi connectivity index (χ0) is 22.6. The van der Waals surface area contributed by atoms with Crippen molar-refractivity contribution in [2.24, 2.45) is 11.4 Å². The maximum Gasteiger partial charge on any atom is 0.433 e. The monoisotopic (exact) mass is 473 g/mol. The lowest BCUT2D eigenvalue weighted by Gasteiger charge is -2.18. The highest BCUT2D eigenvalue weighted by molar-refractivity contribution is 7.95. The zero-order valence-corrected chi connectivity index (χ0v) is 18.2. The molecule has 1 aliphatic heterocycles. The second-order valence-corrected chi connectivity index (χ2v) is 11.9. The molecule has 1 aliphatic rings. The molecule has 0 saturated carbocycles. The second kappa shape index (κ2) is 7.26. The predicted octanol–water partition coefficient (Wildman–Crippen LogP) is 3.35. The normalized spacial score (nSPS) is 16.3. The molecule has 3 aromatic rings. The smallest absolute Gasteiger partial charge is 0.324 e. The fourth-order valence-electron chi connectivity index (χ4n) is 3.17. The third-order valence-corrected chi connectivity index (χ3v) is 9.16. The Morgan fingerprint density at radius 1 is 1.19 bits per heavy atom. The van der Waals surface area contributed by atoms with Gasteiger partial charge in [-0.15, -0.1) is 0 Å². The summed E-state index contributed by atoms with van der Waals surface area (Å²) in [7, 11) is -4.64. The van der Waals surface area contributed by atoms with Gasteiger partial charge in [-0.05, 0) is 18.6 Å². The highest BCUT2D eigenvalue weighted by Gasteiger charge is 2.33. The summed E-state index contributed by atoms with van der Waals surface area (Å²) >= 11 is 0. The number of rotatable bonds is 4. The van der Waals surface area contributed by atoms with Crippen molar-refractivity contribution in [1.29, 1.82) is 0 Å². The molecule has 1 fully saturated rings. The number of hydrogen-bond donors (Lipinski definition) is 0. The van der Waals surface area contributed by atoms with Gasteiger partial charge in [-0.1, -0.05) is 6.92 Å². The van der Waals surface area contributed by atoms with Gasteiger partial charge in [0.1, 0.15) is 11.4 Å². The van der Waals surface area contributed by atoms with E-state index in [1.807, 2.05) is 0 Å². The van der Waals surface area contributed by atoms with Crippen molar-refractivity contribution in [2.45, 2.75) is 24.4 Å². The number of aryl methyl sites for hydroxylation is 1. The Morgan fingerprint density at radius 2 is 1.90 bits per heavy atom. The Hall–Kier alpha value is -2.54. The van der Waals surface area contributed by atoms with Gasteiger partial charge in [-0.25, -0.2) is 27.6 Å². The van der Waals surface area contributed by atoms with Crippen molar-refractivity contribution >= 4 is 36.3 Å². The van der Waals surface area contributed by atoms with Gasteiger partial charge in [0.05, 0.1) is 49.5 Å². The third-order valence-electron chi connectivity index (χ3n) is 5.02. The summed E-state index contributed by atoms with van der Waals surface area (Å²) in [5.41, 5.74) is -0.641. The van der Waals surface area contributed by atoms with Crippen LogP contribution < -0.4 is 0 Å². The van der Waals surface area contributed by atoms with Gasteiger partial charge < -0.3 is 4.57 Å². The molecule has 0 radical (unpaired) electrons. The Balaban J connectivity index is 1.93. The summed E-state index contributed by atoms with van der Waals surface area (Å²) in [5.74, 6) is 0.737. The van der Waals surface area contributed by atoms with Gasteiger partial charge >= 0.3 is 6.18 Å². The van der Waals surface area contributed by atoms with Crippen molar-refractivity contribution < 1.29 is 25.8 Å². The minimum absolute atomic E-state index is 0.00709. The van der Waals surface area contributed by atoms with Crippen LogP contribution in [-0.4, -0.2) is 49.4 Å². The first-order valence-corrected chi connectivity index (χ1v) is 12.8. The molecule has 4 rings (SSSR count). The molecule has 3 aromatic heterocycles. The fourth-order valence-corrected chi connectivity index (χ4v) is 5.67. The molecule has 4 heterocycles. The first kappa shape index (κ1) is 21.7. The van der Waals surface area contributed by atoms with Crippen LogP contribution in [0.15, 0.2) is 33.8 Å². The number of nitrogens with zero attached hydrogens (tertiary/aromatic N) is 5. The molecule has 0 amide bonds. The lowest BCUT2D eigenvalue weighted by atomic mass is 10.3. The second-order valence-electron chi connectivity index (χ2n) is 7.12. The van der Waals surface area contributed by atoms with E-state index >= 15 is 0 Å². The lowest BCUT2D eigenvalue weighted by molar-refractivity contribution is -0.141. The quantitative estimate of drug-likeness (QED) is 0.575. The number of halogens is 3. The van der Waals surface area contributed by atoms with Gasteiger partial charge in [0.2, 0.25) is 0 Å². The molecule has 8 nitrogen and oxygen atoms in total. The van der Waals surface area contributed by atoms with Crippen molar-refractivity contribution in [2.75, 3.05) is 17.3 Å². The van der Waals surface area contributed by atoms with Crippen LogP contribution in [0.4, 0.5) is 18.9 Å². The van der Waals surface area contributed by atoms with E-state index in [1.165, 1.54) is 30.8 Å². The van der Waals surface area contributed by atoms with Gasteiger partial charge in [0, 0.05) is 18.6 Å². The van der Waals surface area contributed by atoms with E-state index in [2.05, 4.69) is 19.3 Å². The van der Waals surface area contributed by atoms with E-state index in [0.29, 0.717) is 11.5 Å². The van der Waals surface area contributed by atoms with E-state index in [0.717, 1.165) is 18.7 Å². The molecule has 1 saturated heterocycles. The number of pyridine rings is 2. The molecule has 0 unspecified atom stereocenters. The molecule has 0 spiro atoms. The summed E-state index contributed by atoms with van der Waals surface area (Å²) in [6, 6.07) is 2.10. The maximum atomic E-state index is 13.0. The third kappa shape index (κ3) is 3.91. The van der Waals surface area contributed by atoms with Crippen LogP contribution in [0.1, 0.15) is 19.0 Å². The SMILES string of the molecule is CCS(=O)(=O)c1cc(N=S2(=O)CCC2)cnc1-c1nc2cc(C(F)(F)F)ncc2n1C. The molecule has 166 valence electrons. The first-order valence-electron chi connectivity index (χ1n) is 9.29. The molecular formula is C18H18F3N5O3S2. The molecular weight excluding hydrogens is 455 g/mol. The van der Waals surface area contributed by atoms with Crippen molar-refractivity contribution in [3.05, 3.63) is 30.2 Å². The highest BCUT2D eigenvalue weighted by Crippen LogP contribution is 2.34. The van der Waals surface area contributed by atoms with Crippen molar-refractivity contribution in [3.63, 3.8) is 0 Å². The molecule has 0 N–H and O–H groups in total. The predicted molar refractivity (Wildman–Crippen MR) is 109 cm³/mol. The zero-order valence-electron chi connectivity index (χ0n) is 16.5. The number of fused-ring (bicyclic) bond motifs is 1.